The van der Waals surface area contributed by atoms with E-state index in [4.69, 9.17) is 4.52 Å². The van der Waals surface area contributed by atoms with Gasteiger partial charge in [0.25, 0.3) is 0 Å². The summed E-state index contributed by atoms with van der Waals surface area (Å²) >= 11 is 0. The highest BCUT2D eigenvalue weighted by atomic mass is 16.5. The molecule has 1 aromatic rings. The van der Waals surface area contributed by atoms with Crippen LogP contribution in [-0.2, 0) is 6.42 Å². The Morgan fingerprint density at radius 1 is 1.50 bits per heavy atom. The van der Waals surface area contributed by atoms with Gasteiger partial charge in [-0.3, -0.25) is 0 Å². The molecule has 0 amide bonds. The van der Waals surface area contributed by atoms with E-state index in [2.05, 4.69) is 36.2 Å². The topological polar surface area (TPSA) is 51.0 Å². The minimum Gasteiger partial charge on any atom is -0.343 e. The summed E-state index contributed by atoms with van der Waals surface area (Å²) in [6.45, 7) is 7.97. The monoisotopic (exact) mass is 223 g/mol. The molecule has 0 bridgehead atoms. The first kappa shape index (κ1) is 11.6. The van der Waals surface area contributed by atoms with Gasteiger partial charge in [-0.1, -0.05) is 25.9 Å². The van der Waals surface area contributed by atoms with Gasteiger partial charge >= 0.3 is 0 Å². The molecule has 1 aliphatic rings. The Balaban J connectivity index is 1.74. The van der Waals surface area contributed by atoms with Gasteiger partial charge in [0.05, 0.1) is 0 Å². The van der Waals surface area contributed by atoms with Crippen molar-refractivity contribution in [3.05, 3.63) is 12.2 Å². The van der Waals surface area contributed by atoms with Crippen LogP contribution in [0.1, 0.15) is 39.4 Å². The van der Waals surface area contributed by atoms with Crippen molar-refractivity contribution in [1.29, 1.82) is 0 Å². The fourth-order valence-electron chi connectivity index (χ4n) is 2.84. The minimum absolute atomic E-state index is 0.489. The van der Waals surface area contributed by atoms with Crippen molar-refractivity contribution in [1.82, 2.24) is 15.5 Å². The molecule has 2 atom stereocenters. The van der Waals surface area contributed by atoms with Gasteiger partial charge < -0.3 is 9.84 Å². The molecule has 4 nitrogen and oxygen atoms in total. The molecule has 0 radical (unpaired) electrons. The lowest BCUT2D eigenvalue weighted by Gasteiger charge is -2.18. The van der Waals surface area contributed by atoms with E-state index in [0.29, 0.717) is 11.5 Å². The highest BCUT2D eigenvalue weighted by molar-refractivity contribution is 4.91. The summed E-state index contributed by atoms with van der Waals surface area (Å²) < 4.78 is 4.70. The van der Waals surface area contributed by atoms with Crippen LogP contribution in [0.2, 0.25) is 0 Å². The number of nitrogens with one attached hydrogen (secondary N) is 1. The summed E-state index contributed by atoms with van der Waals surface area (Å²) in [4.78, 5) is 4.01. The van der Waals surface area contributed by atoms with Crippen LogP contribution in [0.5, 0.6) is 0 Å². The largest absolute Gasteiger partial charge is 0.343 e. The number of hydrogen-bond acceptors (Lipinski definition) is 4. The minimum atomic E-state index is 0.489. The molecule has 0 spiro atoms. The first-order valence-electron chi connectivity index (χ1n) is 6.05. The molecule has 1 heterocycles. The van der Waals surface area contributed by atoms with Crippen molar-refractivity contribution >= 4 is 0 Å². The van der Waals surface area contributed by atoms with E-state index in [1.165, 1.54) is 19.2 Å². The van der Waals surface area contributed by atoms with Crippen molar-refractivity contribution in [3.63, 3.8) is 0 Å². The Hall–Kier alpha value is -0.900. The van der Waals surface area contributed by atoms with Gasteiger partial charge in [-0.05, 0) is 24.2 Å². The lowest BCUT2D eigenvalue weighted by molar-refractivity contribution is 0.362. The van der Waals surface area contributed by atoms with Crippen molar-refractivity contribution in [3.8, 4) is 0 Å². The summed E-state index contributed by atoms with van der Waals surface area (Å²) in [5.41, 5.74) is 0.489. The first-order chi connectivity index (χ1) is 7.57. The van der Waals surface area contributed by atoms with Crippen molar-refractivity contribution in [2.45, 2.75) is 46.1 Å². The standard InChI is InChI=1S/C12H21N3O/c1-9-6-12(2,3)7-10(9)13-5-4-11-14-8-16-15-11/h8-10,13H,4-7H2,1-3H3. The molecular weight excluding hydrogens is 202 g/mol. The Morgan fingerprint density at radius 2 is 2.31 bits per heavy atom. The van der Waals surface area contributed by atoms with Gasteiger partial charge in [0.2, 0.25) is 6.39 Å². The summed E-state index contributed by atoms with van der Waals surface area (Å²) in [5, 5.41) is 7.41. The third-order valence-corrected chi connectivity index (χ3v) is 3.50. The fraction of sp³-hybridized carbons (Fsp3) is 0.833. The van der Waals surface area contributed by atoms with Crippen LogP contribution in [0.25, 0.3) is 0 Å². The molecule has 1 fully saturated rings. The Bertz CT molecular complexity index is 321. The number of aromatic nitrogens is 2. The van der Waals surface area contributed by atoms with Crippen molar-refractivity contribution < 1.29 is 4.52 Å². The highest BCUT2D eigenvalue weighted by Gasteiger charge is 2.36. The van der Waals surface area contributed by atoms with E-state index in [9.17, 15) is 0 Å². The zero-order valence-electron chi connectivity index (χ0n) is 10.4. The maximum Gasteiger partial charge on any atom is 0.213 e. The van der Waals surface area contributed by atoms with E-state index in [-0.39, 0.29) is 0 Å². The average Bonchev–Trinajstić information content (AvgIpc) is 2.75. The molecule has 90 valence electrons. The average molecular weight is 223 g/mol. The van der Waals surface area contributed by atoms with Gasteiger partial charge in [-0.2, -0.15) is 4.98 Å². The van der Waals surface area contributed by atoms with E-state index >= 15 is 0 Å². The summed E-state index contributed by atoms with van der Waals surface area (Å²) in [5.74, 6) is 1.55. The van der Waals surface area contributed by atoms with E-state index in [1.807, 2.05) is 0 Å². The van der Waals surface area contributed by atoms with E-state index in [1.54, 1.807) is 0 Å². The van der Waals surface area contributed by atoms with Gasteiger partial charge in [0.15, 0.2) is 5.82 Å². The lowest BCUT2D eigenvalue weighted by atomic mass is 9.91. The summed E-state index contributed by atoms with van der Waals surface area (Å²) in [7, 11) is 0. The quantitative estimate of drug-likeness (QED) is 0.848. The van der Waals surface area contributed by atoms with Crippen LogP contribution < -0.4 is 5.32 Å². The number of nitrogens with zero attached hydrogens (tertiary/aromatic N) is 2. The molecule has 1 aromatic heterocycles. The van der Waals surface area contributed by atoms with Crippen LogP contribution in [-0.4, -0.2) is 22.7 Å². The summed E-state index contributed by atoms with van der Waals surface area (Å²) in [6, 6.07) is 0.641. The van der Waals surface area contributed by atoms with Crippen LogP contribution >= 0.6 is 0 Å². The molecule has 2 unspecified atom stereocenters. The first-order valence-corrected chi connectivity index (χ1v) is 6.05. The molecule has 16 heavy (non-hydrogen) atoms. The maximum atomic E-state index is 4.70. The van der Waals surface area contributed by atoms with Gasteiger partial charge in [-0.15, -0.1) is 0 Å². The molecule has 0 aromatic carbocycles. The molecule has 1 N–H and O–H groups in total. The summed E-state index contributed by atoms with van der Waals surface area (Å²) in [6.07, 6.45) is 4.81. The van der Waals surface area contributed by atoms with Crippen LogP contribution in [0.3, 0.4) is 0 Å². The van der Waals surface area contributed by atoms with E-state index < -0.39 is 0 Å². The molecular formula is C12H21N3O. The Labute approximate surface area is 96.8 Å². The van der Waals surface area contributed by atoms with Gasteiger partial charge in [0, 0.05) is 19.0 Å². The van der Waals surface area contributed by atoms with E-state index in [0.717, 1.165) is 24.7 Å². The van der Waals surface area contributed by atoms with Crippen molar-refractivity contribution in [2.75, 3.05) is 6.54 Å². The Morgan fingerprint density at radius 3 is 2.88 bits per heavy atom. The molecule has 4 heteroatoms. The predicted molar refractivity (Wildman–Crippen MR) is 62.0 cm³/mol. The van der Waals surface area contributed by atoms with Crippen LogP contribution in [0.4, 0.5) is 0 Å². The SMILES string of the molecule is CC1CC(C)(C)CC1NCCc1ncon1. The van der Waals surface area contributed by atoms with Crippen LogP contribution in [0.15, 0.2) is 10.9 Å². The van der Waals surface area contributed by atoms with Crippen LogP contribution in [0, 0.1) is 11.3 Å². The third kappa shape index (κ3) is 2.82. The molecule has 1 aliphatic carbocycles. The Kier molecular flexibility index (Phi) is 3.28. The number of hydrogen-bond donors (Lipinski definition) is 1. The second kappa shape index (κ2) is 4.53. The zero-order valence-corrected chi connectivity index (χ0v) is 10.4. The van der Waals surface area contributed by atoms with Crippen molar-refractivity contribution in [2.24, 2.45) is 11.3 Å². The number of rotatable bonds is 4. The zero-order chi connectivity index (χ0) is 11.6. The highest BCUT2D eigenvalue weighted by Crippen LogP contribution is 2.40. The van der Waals surface area contributed by atoms with Gasteiger partial charge in [-0.25, -0.2) is 0 Å². The maximum absolute atomic E-state index is 4.70. The second-order valence-electron chi connectivity index (χ2n) is 5.71. The fourth-order valence-corrected chi connectivity index (χ4v) is 2.84. The molecule has 1 saturated carbocycles. The molecule has 0 aliphatic heterocycles. The smallest absolute Gasteiger partial charge is 0.213 e. The molecule has 2 rings (SSSR count). The normalized spacial score (nSPS) is 28.4. The second-order valence-corrected chi connectivity index (χ2v) is 5.71. The predicted octanol–water partition coefficient (Wildman–Crippen LogP) is 2.03. The lowest BCUT2D eigenvalue weighted by Crippen LogP contribution is -2.33. The third-order valence-electron chi connectivity index (χ3n) is 3.50. The molecule has 0 saturated heterocycles. The van der Waals surface area contributed by atoms with Gasteiger partial charge in [0.1, 0.15) is 0 Å².